The van der Waals surface area contributed by atoms with Crippen LogP contribution in [0, 0.1) is 5.92 Å². The monoisotopic (exact) mass is 243 g/mol. The summed E-state index contributed by atoms with van der Waals surface area (Å²) in [6, 6.07) is 7.79. The van der Waals surface area contributed by atoms with Gasteiger partial charge in [-0.1, -0.05) is 12.1 Å². The lowest BCUT2D eigenvalue weighted by Gasteiger charge is -2.18. The van der Waals surface area contributed by atoms with Crippen LogP contribution in [-0.4, -0.2) is 29.6 Å². The summed E-state index contributed by atoms with van der Waals surface area (Å²) in [5, 5.41) is 0. The van der Waals surface area contributed by atoms with Gasteiger partial charge >= 0.3 is 0 Å². The Morgan fingerprint density at radius 1 is 1.22 bits per heavy atom. The molecule has 0 unspecified atom stereocenters. The van der Waals surface area contributed by atoms with Crippen LogP contribution >= 0.6 is 0 Å². The Balaban J connectivity index is 1.99. The minimum absolute atomic E-state index is 0.506. The quantitative estimate of drug-likeness (QED) is 0.822. The average Bonchev–Trinajstić information content (AvgIpc) is 2.86. The minimum Gasteiger partial charge on any atom is -0.381 e. The Labute approximate surface area is 106 Å². The van der Waals surface area contributed by atoms with Crippen molar-refractivity contribution in [2.75, 3.05) is 30.3 Å². The summed E-state index contributed by atoms with van der Waals surface area (Å²) in [4.78, 5) is 11.2. The van der Waals surface area contributed by atoms with Crippen LogP contribution in [0.25, 0.3) is 11.0 Å². The number of rotatable bonds is 2. The number of fused-ring (bicyclic) bond motifs is 1. The molecule has 0 spiro atoms. The Morgan fingerprint density at radius 2 is 1.94 bits per heavy atom. The number of nitrogens with two attached hydrogens (primary N) is 2. The number of benzene rings is 1. The lowest BCUT2D eigenvalue weighted by molar-refractivity contribution is 0.602. The molecule has 1 aromatic heterocycles. The van der Waals surface area contributed by atoms with Crippen molar-refractivity contribution in [2.24, 2.45) is 11.7 Å². The molecule has 18 heavy (non-hydrogen) atoms. The maximum atomic E-state index is 6.01. The van der Waals surface area contributed by atoms with Crippen molar-refractivity contribution in [3.63, 3.8) is 0 Å². The Kier molecular flexibility index (Phi) is 2.76. The topological polar surface area (TPSA) is 81.1 Å². The number of hydrogen-bond donors (Lipinski definition) is 2. The summed E-state index contributed by atoms with van der Waals surface area (Å²) in [6.45, 7) is 2.60. The highest BCUT2D eigenvalue weighted by atomic mass is 15.2. The lowest BCUT2D eigenvalue weighted by atomic mass is 10.1. The van der Waals surface area contributed by atoms with Crippen LogP contribution in [0.15, 0.2) is 24.3 Å². The molecule has 3 rings (SSSR count). The predicted molar refractivity (Wildman–Crippen MR) is 73.3 cm³/mol. The van der Waals surface area contributed by atoms with Crippen LogP contribution in [0.2, 0.25) is 0 Å². The highest BCUT2D eigenvalue weighted by Gasteiger charge is 2.24. The highest BCUT2D eigenvalue weighted by molar-refractivity contribution is 5.79. The zero-order valence-electron chi connectivity index (χ0n) is 10.2. The second-order valence-corrected chi connectivity index (χ2v) is 4.76. The molecule has 1 aliphatic rings. The van der Waals surface area contributed by atoms with Crippen LogP contribution < -0.4 is 16.4 Å². The van der Waals surface area contributed by atoms with Gasteiger partial charge in [0.1, 0.15) is 0 Å². The first kappa shape index (κ1) is 11.2. The molecule has 5 nitrogen and oxygen atoms in total. The Hall–Kier alpha value is -1.88. The summed E-state index contributed by atoms with van der Waals surface area (Å²) in [6.07, 6.45) is 1.10. The fraction of sp³-hybridized carbons (Fsp3) is 0.385. The van der Waals surface area contributed by atoms with Crippen molar-refractivity contribution in [3.05, 3.63) is 24.3 Å². The smallest absolute Gasteiger partial charge is 0.172 e. The van der Waals surface area contributed by atoms with E-state index in [1.165, 1.54) is 0 Å². The first-order valence-corrected chi connectivity index (χ1v) is 6.25. The molecule has 0 bridgehead atoms. The number of aromatic nitrogens is 2. The van der Waals surface area contributed by atoms with Crippen molar-refractivity contribution in [1.82, 2.24) is 9.97 Å². The van der Waals surface area contributed by atoms with Crippen molar-refractivity contribution in [2.45, 2.75) is 6.42 Å². The molecule has 0 saturated carbocycles. The Bertz CT molecular complexity index is 568. The second kappa shape index (κ2) is 4.42. The maximum absolute atomic E-state index is 6.01. The summed E-state index contributed by atoms with van der Waals surface area (Å²) < 4.78 is 0. The molecule has 5 heteroatoms. The van der Waals surface area contributed by atoms with E-state index < -0.39 is 0 Å². The predicted octanol–water partition coefficient (Wildman–Crippen LogP) is 0.997. The van der Waals surface area contributed by atoms with E-state index in [-0.39, 0.29) is 0 Å². The minimum atomic E-state index is 0.506. The van der Waals surface area contributed by atoms with Gasteiger partial charge in [-0.25, -0.2) is 9.97 Å². The van der Waals surface area contributed by atoms with Crippen LogP contribution in [0.3, 0.4) is 0 Å². The van der Waals surface area contributed by atoms with Gasteiger partial charge in [-0.05, 0) is 31.0 Å². The number of anilines is 2. The van der Waals surface area contributed by atoms with E-state index in [2.05, 4.69) is 14.9 Å². The SMILES string of the molecule is NC[C@H]1CCN(c2nc3ccccc3nc2N)C1. The van der Waals surface area contributed by atoms with Gasteiger partial charge in [0.15, 0.2) is 11.6 Å². The average molecular weight is 243 g/mol. The molecule has 0 aliphatic carbocycles. The summed E-state index contributed by atoms with van der Waals surface area (Å²) in [5.41, 5.74) is 13.4. The zero-order chi connectivity index (χ0) is 12.5. The molecule has 0 radical (unpaired) electrons. The number of para-hydroxylation sites is 2. The number of nitrogen functional groups attached to an aromatic ring is 1. The summed E-state index contributed by atoms with van der Waals surface area (Å²) in [7, 11) is 0. The van der Waals surface area contributed by atoms with Gasteiger partial charge in [0.05, 0.1) is 11.0 Å². The van der Waals surface area contributed by atoms with Gasteiger partial charge < -0.3 is 16.4 Å². The van der Waals surface area contributed by atoms with E-state index in [9.17, 15) is 0 Å². The molecular formula is C13H17N5. The van der Waals surface area contributed by atoms with E-state index in [1.54, 1.807) is 0 Å². The standard InChI is InChI=1S/C13H17N5/c14-7-9-5-6-18(8-9)13-12(15)16-10-3-1-2-4-11(10)17-13/h1-4,9H,5-8,14H2,(H2,15,16)/t9-/m1/s1. The third kappa shape index (κ3) is 1.86. The molecule has 2 aromatic rings. The molecule has 1 fully saturated rings. The van der Waals surface area contributed by atoms with Crippen LogP contribution in [0.5, 0.6) is 0 Å². The van der Waals surface area contributed by atoms with E-state index in [4.69, 9.17) is 11.5 Å². The first-order valence-electron chi connectivity index (χ1n) is 6.25. The molecular weight excluding hydrogens is 226 g/mol. The fourth-order valence-corrected chi connectivity index (χ4v) is 2.45. The third-order valence-corrected chi connectivity index (χ3v) is 3.50. The zero-order valence-corrected chi connectivity index (χ0v) is 10.2. The maximum Gasteiger partial charge on any atom is 0.172 e. The van der Waals surface area contributed by atoms with Gasteiger partial charge in [0.2, 0.25) is 0 Å². The molecule has 4 N–H and O–H groups in total. The molecule has 1 saturated heterocycles. The largest absolute Gasteiger partial charge is 0.381 e. The molecule has 94 valence electrons. The van der Waals surface area contributed by atoms with E-state index in [1.807, 2.05) is 24.3 Å². The number of nitrogens with zero attached hydrogens (tertiary/aromatic N) is 3. The van der Waals surface area contributed by atoms with Gasteiger partial charge in [-0.15, -0.1) is 0 Å². The van der Waals surface area contributed by atoms with Crippen molar-refractivity contribution < 1.29 is 0 Å². The van der Waals surface area contributed by atoms with Crippen molar-refractivity contribution in [1.29, 1.82) is 0 Å². The first-order chi connectivity index (χ1) is 8.78. The Morgan fingerprint density at radius 3 is 2.61 bits per heavy atom. The fourth-order valence-electron chi connectivity index (χ4n) is 2.45. The summed E-state index contributed by atoms with van der Waals surface area (Å²) >= 11 is 0. The lowest BCUT2D eigenvalue weighted by Crippen LogP contribution is -2.24. The van der Waals surface area contributed by atoms with E-state index >= 15 is 0 Å². The van der Waals surface area contributed by atoms with Crippen molar-refractivity contribution in [3.8, 4) is 0 Å². The molecule has 1 aliphatic heterocycles. The number of hydrogen-bond acceptors (Lipinski definition) is 5. The van der Waals surface area contributed by atoms with E-state index in [0.29, 0.717) is 11.7 Å². The second-order valence-electron chi connectivity index (χ2n) is 4.76. The molecule has 2 heterocycles. The van der Waals surface area contributed by atoms with Gasteiger partial charge in [-0.2, -0.15) is 0 Å². The van der Waals surface area contributed by atoms with Crippen molar-refractivity contribution >= 4 is 22.7 Å². The molecule has 0 amide bonds. The molecule has 1 aromatic carbocycles. The molecule has 1 atom stereocenters. The van der Waals surface area contributed by atoms with Crippen LogP contribution in [0.1, 0.15) is 6.42 Å². The third-order valence-electron chi connectivity index (χ3n) is 3.50. The van der Waals surface area contributed by atoms with Crippen LogP contribution in [0.4, 0.5) is 11.6 Å². The van der Waals surface area contributed by atoms with Gasteiger partial charge in [0.25, 0.3) is 0 Å². The summed E-state index contributed by atoms with van der Waals surface area (Å²) in [5.74, 6) is 1.84. The van der Waals surface area contributed by atoms with Crippen LogP contribution in [-0.2, 0) is 0 Å². The normalized spacial score (nSPS) is 19.6. The highest BCUT2D eigenvalue weighted by Crippen LogP contribution is 2.27. The van der Waals surface area contributed by atoms with Gasteiger partial charge in [-0.3, -0.25) is 0 Å². The van der Waals surface area contributed by atoms with Gasteiger partial charge in [0, 0.05) is 13.1 Å². The van der Waals surface area contributed by atoms with E-state index in [0.717, 1.165) is 42.9 Å².